The Morgan fingerprint density at radius 2 is 1.83 bits per heavy atom. The highest BCUT2D eigenvalue weighted by Gasteiger charge is 2.35. The van der Waals surface area contributed by atoms with E-state index in [0.717, 1.165) is 11.3 Å². The largest absolute Gasteiger partial charge is 0.486 e. The molecule has 7 heteroatoms. The van der Waals surface area contributed by atoms with Gasteiger partial charge in [-0.25, -0.2) is 0 Å². The minimum atomic E-state index is -0.111. The molecule has 1 fully saturated rings. The third-order valence-electron chi connectivity index (χ3n) is 5.52. The molecule has 0 N–H and O–H groups in total. The fourth-order valence-electron chi connectivity index (χ4n) is 3.72. The third-order valence-corrected chi connectivity index (χ3v) is 5.52. The van der Waals surface area contributed by atoms with Crippen LogP contribution in [0.3, 0.4) is 0 Å². The molecule has 2 aliphatic heterocycles. The van der Waals surface area contributed by atoms with Crippen molar-refractivity contribution >= 4 is 11.6 Å². The monoisotopic (exact) mass is 391 g/mol. The van der Waals surface area contributed by atoms with E-state index >= 15 is 0 Å². The number of ether oxygens (including phenoxy) is 2. The lowest BCUT2D eigenvalue weighted by Crippen LogP contribution is -2.25. The van der Waals surface area contributed by atoms with Gasteiger partial charge in [0.25, 0.3) is 5.89 Å². The predicted octanol–water partition coefficient (Wildman–Crippen LogP) is 3.65. The van der Waals surface area contributed by atoms with Crippen LogP contribution in [0.15, 0.2) is 40.9 Å². The molecule has 0 aliphatic carbocycles. The van der Waals surface area contributed by atoms with Crippen molar-refractivity contribution in [2.45, 2.75) is 26.2 Å². The van der Waals surface area contributed by atoms with Gasteiger partial charge in [-0.1, -0.05) is 11.2 Å². The molecule has 1 aromatic heterocycles. The summed E-state index contributed by atoms with van der Waals surface area (Å²) in [5.74, 6) is 2.34. The second kappa shape index (κ2) is 6.92. The number of aryl methyl sites for hydroxylation is 2. The maximum Gasteiger partial charge on any atom is 0.257 e. The lowest BCUT2D eigenvalue weighted by molar-refractivity contribution is -0.117. The van der Waals surface area contributed by atoms with E-state index in [4.69, 9.17) is 14.0 Å². The van der Waals surface area contributed by atoms with Crippen LogP contribution in [0.4, 0.5) is 5.69 Å². The summed E-state index contributed by atoms with van der Waals surface area (Å²) < 4.78 is 16.7. The number of fused-ring (bicyclic) bond motifs is 1. The minimum Gasteiger partial charge on any atom is -0.486 e. The summed E-state index contributed by atoms with van der Waals surface area (Å²) in [6, 6.07) is 11.6. The quantitative estimate of drug-likeness (QED) is 0.678. The van der Waals surface area contributed by atoms with Crippen molar-refractivity contribution in [3.63, 3.8) is 0 Å². The highest BCUT2D eigenvalue weighted by atomic mass is 16.6. The van der Waals surface area contributed by atoms with Crippen molar-refractivity contribution in [1.29, 1.82) is 0 Å². The van der Waals surface area contributed by atoms with Crippen LogP contribution in [0, 0.1) is 13.8 Å². The molecular weight excluding hydrogens is 370 g/mol. The van der Waals surface area contributed by atoms with E-state index in [2.05, 4.69) is 24.0 Å². The Morgan fingerprint density at radius 3 is 2.66 bits per heavy atom. The van der Waals surface area contributed by atoms with E-state index in [0.29, 0.717) is 49.4 Å². The van der Waals surface area contributed by atoms with Crippen LogP contribution in [-0.2, 0) is 4.79 Å². The topological polar surface area (TPSA) is 77.7 Å². The maximum atomic E-state index is 12.7. The molecule has 0 radical (unpaired) electrons. The smallest absolute Gasteiger partial charge is 0.257 e. The lowest BCUT2D eigenvalue weighted by Gasteiger charge is -2.22. The van der Waals surface area contributed by atoms with Gasteiger partial charge < -0.3 is 18.9 Å². The molecule has 3 heterocycles. The predicted molar refractivity (Wildman–Crippen MR) is 106 cm³/mol. The number of hydrogen-bond acceptors (Lipinski definition) is 6. The van der Waals surface area contributed by atoms with Gasteiger partial charge in [-0.3, -0.25) is 4.79 Å². The first-order valence-electron chi connectivity index (χ1n) is 9.70. The van der Waals surface area contributed by atoms with Gasteiger partial charge in [0.2, 0.25) is 5.91 Å². The van der Waals surface area contributed by atoms with Gasteiger partial charge in [0.1, 0.15) is 13.2 Å². The van der Waals surface area contributed by atoms with Crippen molar-refractivity contribution in [2.75, 3.05) is 24.7 Å². The first kappa shape index (κ1) is 17.7. The Balaban J connectivity index is 1.37. The Kier molecular flexibility index (Phi) is 4.23. The zero-order chi connectivity index (χ0) is 20.0. The average Bonchev–Trinajstić information content (AvgIpc) is 3.37. The summed E-state index contributed by atoms with van der Waals surface area (Å²) >= 11 is 0. The molecular formula is C22H21N3O4. The second-order valence-electron chi connectivity index (χ2n) is 7.49. The molecule has 148 valence electrons. The van der Waals surface area contributed by atoms with Gasteiger partial charge in [0, 0.05) is 36.2 Å². The number of hydrogen-bond donors (Lipinski definition) is 0. The van der Waals surface area contributed by atoms with Crippen LogP contribution in [0.1, 0.15) is 29.3 Å². The number of carbonyl (C=O) groups excluding carboxylic acids is 1. The number of carbonyl (C=O) groups is 1. The Morgan fingerprint density at radius 1 is 1.00 bits per heavy atom. The number of aromatic nitrogens is 2. The highest BCUT2D eigenvalue weighted by Crippen LogP contribution is 2.37. The standard InChI is InChI=1S/C22H21N3O4/c1-13-3-4-15(9-14(13)2)22-23-21(24-29-22)16-10-20(26)25(12-16)17-5-6-18-19(11-17)28-8-7-27-18/h3-6,9,11,16H,7-8,10,12H2,1-2H3. The number of benzene rings is 2. The van der Waals surface area contributed by atoms with Gasteiger partial charge in [-0.15, -0.1) is 0 Å². The van der Waals surface area contributed by atoms with Crippen LogP contribution >= 0.6 is 0 Å². The molecule has 0 bridgehead atoms. The Hall–Kier alpha value is -3.35. The SMILES string of the molecule is Cc1ccc(-c2nc(C3CC(=O)N(c4ccc5c(c4)OCCO5)C3)no2)cc1C. The van der Waals surface area contributed by atoms with Crippen molar-refractivity contribution in [2.24, 2.45) is 0 Å². The van der Waals surface area contributed by atoms with E-state index in [-0.39, 0.29) is 11.8 Å². The van der Waals surface area contributed by atoms with E-state index in [1.165, 1.54) is 11.1 Å². The zero-order valence-electron chi connectivity index (χ0n) is 16.3. The van der Waals surface area contributed by atoms with E-state index < -0.39 is 0 Å². The van der Waals surface area contributed by atoms with Crippen LogP contribution in [0.2, 0.25) is 0 Å². The number of amides is 1. The minimum absolute atomic E-state index is 0.0317. The fraction of sp³-hybridized carbons (Fsp3) is 0.318. The molecule has 1 unspecified atom stereocenters. The molecule has 29 heavy (non-hydrogen) atoms. The third kappa shape index (κ3) is 3.22. The molecule has 0 saturated carbocycles. The van der Waals surface area contributed by atoms with Crippen molar-refractivity contribution in [3.8, 4) is 23.0 Å². The summed E-state index contributed by atoms with van der Waals surface area (Å²) in [5, 5.41) is 4.15. The average molecular weight is 391 g/mol. The zero-order valence-corrected chi connectivity index (χ0v) is 16.3. The van der Waals surface area contributed by atoms with Gasteiger partial charge in [-0.05, 0) is 49.2 Å². The summed E-state index contributed by atoms with van der Waals surface area (Å²) in [6.07, 6.45) is 0.348. The molecule has 7 nitrogen and oxygen atoms in total. The van der Waals surface area contributed by atoms with Crippen molar-refractivity contribution < 1.29 is 18.8 Å². The number of nitrogens with zero attached hydrogens (tertiary/aromatic N) is 3. The summed E-state index contributed by atoms with van der Waals surface area (Å²) in [7, 11) is 0. The molecule has 2 aliphatic rings. The first-order chi connectivity index (χ1) is 14.1. The van der Waals surface area contributed by atoms with Gasteiger partial charge >= 0.3 is 0 Å². The van der Waals surface area contributed by atoms with Crippen LogP contribution in [0.5, 0.6) is 11.5 Å². The number of rotatable bonds is 3. The molecule has 1 amide bonds. The van der Waals surface area contributed by atoms with Gasteiger partial charge in [0.15, 0.2) is 17.3 Å². The van der Waals surface area contributed by atoms with Gasteiger partial charge in [-0.2, -0.15) is 4.98 Å². The van der Waals surface area contributed by atoms with E-state index in [1.807, 2.05) is 36.4 Å². The van der Waals surface area contributed by atoms with Crippen molar-refractivity contribution in [1.82, 2.24) is 10.1 Å². The summed E-state index contributed by atoms with van der Waals surface area (Å²) in [6.45, 7) is 5.67. The van der Waals surface area contributed by atoms with E-state index in [1.54, 1.807) is 4.90 Å². The van der Waals surface area contributed by atoms with E-state index in [9.17, 15) is 4.79 Å². The lowest BCUT2D eigenvalue weighted by atomic mass is 10.1. The Labute approximate surface area is 168 Å². The van der Waals surface area contributed by atoms with Crippen LogP contribution in [-0.4, -0.2) is 35.8 Å². The molecule has 1 saturated heterocycles. The highest BCUT2D eigenvalue weighted by molar-refractivity contribution is 5.96. The normalized spacial score (nSPS) is 18.3. The van der Waals surface area contributed by atoms with Gasteiger partial charge in [0.05, 0.1) is 0 Å². The number of anilines is 1. The van der Waals surface area contributed by atoms with Crippen LogP contribution < -0.4 is 14.4 Å². The maximum absolute atomic E-state index is 12.7. The first-order valence-corrected chi connectivity index (χ1v) is 9.70. The molecule has 5 rings (SSSR count). The van der Waals surface area contributed by atoms with Crippen LogP contribution in [0.25, 0.3) is 11.5 Å². The van der Waals surface area contributed by atoms with Crippen molar-refractivity contribution in [3.05, 3.63) is 53.3 Å². The fourth-order valence-corrected chi connectivity index (χ4v) is 3.72. The molecule has 3 aromatic rings. The summed E-state index contributed by atoms with van der Waals surface area (Å²) in [4.78, 5) is 19.0. The molecule has 1 atom stereocenters. The second-order valence-corrected chi connectivity index (χ2v) is 7.49. The molecule has 0 spiro atoms. The molecule has 2 aromatic carbocycles. The summed E-state index contributed by atoms with van der Waals surface area (Å²) in [5.41, 5.74) is 4.06. The Bertz CT molecular complexity index is 1090.